The molecule has 1 heterocycles. The Morgan fingerprint density at radius 1 is 1.21 bits per heavy atom. The van der Waals surface area contributed by atoms with Crippen LogP contribution in [-0.4, -0.2) is 61.1 Å². The molecule has 6 nitrogen and oxygen atoms in total. The number of halogens is 2. The SMILES string of the molecule is CCOC(=O)N1CCN(CCC(=O)Nc2ccccc2Cl)CC1.Cl. The van der Waals surface area contributed by atoms with E-state index in [1.54, 1.807) is 24.0 Å². The molecule has 1 saturated heterocycles. The Morgan fingerprint density at radius 2 is 1.88 bits per heavy atom. The van der Waals surface area contributed by atoms with E-state index >= 15 is 0 Å². The molecule has 0 aliphatic carbocycles. The van der Waals surface area contributed by atoms with Crippen molar-refractivity contribution < 1.29 is 14.3 Å². The molecule has 1 fully saturated rings. The van der Waals surface area contributed by atoms with E-state index in [9.17, 15) is 9.59 Å². The van der Waals surface area contributed by atoms with Crippen molar-refractivity contribution in [2.45, 2.75) is 13.3 Å². The van der Waals surface area contributed by atoms with E-state index in [1.807, 2.05) is 12.1 Å². The second-order valence-electron chi connectivity index (χ2n) is 5.31. The van der Waals surface area contributed by atoms with Gasteiger partial charge in [0.25, 0.3) is 0 Å². The number of ether oxygens (including phenoxy) is 1. The molecule has 0 saturated carbocycles. The number of piperazine rings is 1. The number of anilines is 1. The predicted octanol–water partition coefficient (Wildman–Crippen LogP) is 2.86. The highest BCUT2D eigenvalue weighted by atomic mass is 35.5. The number of para-hydroxylation sites is 1. The molecular formula is C16H23Cl2N3O3. The first-order valence-electron chi connectivity index (χ1n) is 7.78. The number of carbonyl (C=O) groups is 2. The van der Waals surface area contributed by atoms with Crippen molar-refractivity contribution in [3.8, 4) is 0 Å². The average molecular weight is 376 g/mol. The van der Waals surface area contributed by atoms with Gasteiger partial charge < -0.3 is 15.0 Å². The second kappa shape index (κ2) is 10.4. The number of carbonyl (C=O) groups excluding carboxylic acids is 2. The van der Waals surface area contributed by atoms with Crippen molar-refractivity contribution in [3.05, 3.63) is 29.3 Å². The molecule has 1 aliphatic heterocycles. The fourth-order valence-corrected chi connectivity index (χ4v) is 2.59. The maximum Gasteiger partial charge on any atom is 0.409 e. The lowest BCUT2D eigenvalue weighted by Crippen LogP contribution is -2.49. The van der Waals surface area contributed by atoms with Crippen LogP contribution in [0.4, 0.5) is 10.5 Å². The number of nitrogens with one attached hydrogen (secondary N) is 1. The molecule has 0 bridgehead atoms. The van der Waals surface area contributed by atoms with Crippen LogP contribution >= 0.6 is 24.0 Å². The van der Waals surface area contributed by atoms with Gasteiger partial charge in [0.1, 0.15) is 0 Å². The molecule has 0 spiro atoms. The Kier molecular flexibility index (Phi) is 8.89. The highest BCUT2D eigenvalue weighted by molar-refractivity contribution is 6.33. The summed E-state index contributed by atoms with van der Waals surface area (Å²) in [4.78, 5) is 27.5. The van der Waals surface area contributed by atoms with E-state index in [0.29, 0.717) is 43.4 Å². The van der Waals surface area contributed by atoms with Gasteiger partial charge in [-0.1, -0.05) is 23.7 Å². The Balaban J connectivity index is 0.00000288. The number of amides is 2. The molecule has 1 aromatic carbocycles. The predicted molar refractivity (Wildman–Crippen MR) is 97.0 cm³/mol. The van der Waals surface area contributed by atoms with Gasteiger partial charge in [-0.2, -0.15) is 0 Å². The Bertz CT molecular complexity index is 549. The Hall–Kier alpha value is -1.50. The summed E-state index contributed by atoms with van der Waals surface area (Å²) < 4.78 is 4.98. The van der Waals surface area contributed by atoms with Gasteiger partial charge in [0.15, 0.2) is 0 Å². The average Bonchev–Trinajstić information content (AvgIpc) is 2.56. The summed E-state index contributed by atoms with van der Waals surface area (Å²) in [7, 11) is 0. The molecule has 0 aromatic heterocycles. The van der Waals surface area contributed by atoms with Gasteiger partial charge in [-0.25, -0.2) is 4.79 Å². The lowest BCUT2D eigenvalue weighted by Gasteiger charge is -2.33. The molecule has 0 radical (unpaired) electrons. The van der Waals surface area contributed by atoms with Crippen molar-refractivity contribution in [2.24, 2.45) is 0 Å². The monoisotopic (exact) mass is 375 g/mol. The van der Waals surface area contributed by atoms with Crippen LogP contribution in [0, 0.1) is 0 Å². The number of hydrogen-bond acceptors (Lipinski definition) is 4. The van der Waals surface area contributed by atoms with Gasteiger partial charge in [0, 0.05) is 39.1 Å². The second-order valence-corrected chi connectivity index (χ2v) is 5.71. The van der Waals surface area contributed by atoms with Gasteiger partial charge in [0.05, 0.1) is 17.3 Å². The van der Waals surface area contributed by atoms with E-state index in [0.717, 1.165) is 13.1 Å². The third-order valence-electron chi connectivity index (χ3n) is 3.70. The van der Waals surface area contributed by atoms with Crippen LogP contribution < -0.4 is 5.32 Å². The summed E-state index contributed by atoms with van der Waals surface area (Å²) in [5.41, 5.74) is 0.631. The summed E-state index contributed by atoms with van der Waals surface area (Å²) in [6.45, 7) is 5.60. The first-order valence-corrected chi connectivity index (χ1v) is 8.16. The number of rotatable bonds is 5. The van der Waals surface area contributed by atoms with E-state index in [1.165, 1.54) is 0 Å². The number of hydrogen-bond donors (Lipinski definition) is 1. The van der Waals surface area contributed by atoms with Gasteiger partial charge in [-0.05, 0) is 19.1 Å². The normalized spacial score (nSPS) is 14.7. The molecule has 24 heavy (non-hydrogen) atoms. The highest BCUT2D eigenvalue weighted by Gasteiger charge is 2.22. The smallest absolute Gasteiger partial charge is 0.409 e. The zero-order chi connectivity index (χ0) is 16.7. The third kappa shape index (κ3) is 6.19. The lowest BCUT2D eigenvalue weighted by atomic mass is 10.2. The summed E-state index contributed by atoms with van der Waals surface area (Å²) >= 11 is 6.01. The molecule has 2 rings (SSSR count). The van der Waals surface area contributed by atoms with Crippen molar-refractivity contribution in [1.82, 2.24) is 9.80 Å². The van der Waals surface area contributed by atoms with E-state index in [4.69, 9.17) is 16.3 Å². The van der Waals surface area contributed by atoms with E-state index in [-0.39, 0.29) is 24.4 Å². The first-order chi connectivity index (χ1) is 11.1. The Labute approximate surface area is 153 Å². The minimum atomic E-state index is -0.261. The summed E-state index contributed by atoms with van der Waals surface area (Å²) in [6, 6.07) is 7.17. The molecule has 8 heteroatoms. The van der Waals surface area contributed by atoms with Crippen LogP contribution in [0.2, 0.25) is 5.02 Å². The van der Waals surface area contributed by atoms with Crippen LogP contribution in [0.25, 0.3) is 0 Å². The molecular weight excluding hydrogens is 353 g/mol. The zero-order valence-corrected chi connectivity index (χ0v) is 15.2. The van der Waals surface area contributed by atoms with Crippen molar-refractivity contribution in [3.63, 3.8) is 0 Å². The van der Waals surface area contributed by atoms with Crippen molar-refractivity contribution in [1.29, 1.82) is 0 Å². The quantitative estimate of drug-likeness (QED) is 0.859. The molecule has 134 valence electrons. The van der Waals surface area contributed by atoms with Gasteiger partial charge >= 0.3 is 6.09 Å². The highest BCUT2D eigenvalue weighted by Crippen LogP contribution is 2.20. The van der Waals surface area contributed by atoms with Gasteiger partial charge in [-0.15, -0.1) is 12.4 Å². The number of nitrogens with zero attached hydrogens (tertiary/aromatic N) is 2. The molecule has 1 aromatic rings. The Morgan fingerprint density at radius 3 is 2.50 bits per heavy atom. The van der Waals surface area contributed by atoms with Crippen LogP contribution in [0.3, 0.4) is 0 Å². The van der Waals surface area contributed by atoms with Gasteiger partial charge in [0.2, 0.25) is 5.91 Å². The number of benzene rings is 1. The van der Waals surface area contributed by atoms with E-state index in [2.05, 4.69) is 10.2 Å². The minimum absolute atomic E-state index is 0. The lowest BCUT2D eigenvalue weighted by molar-refractivity contribution is -0.116. The van der Waals surface area contributed by atoms with Crippen LogP contribution in [0.5, 0.6) is 0 Å². The minimum Gasteiger partial charge on any atom is -0.450 e. The summed E-state index contributed by atoms with van der Waals surface area (Å²) in [5.74, 6) is -0.0640. The maximum atomic E-state index is 12.0. The molecule has 0 atom stereocenters. The fraction of sp³-hybridized carbons (Fsp3) is 0.500. The third-order valence-corrected chi connectivity index (χ3v) is 4.03. The first kappa shape index (κ1) is 20.5. The van der Waals surface area contributed by atoms with Crippen LogP contribution in [0.15, 0.2) is 24.3 Å². The van der Waals surface area contributed by atoms with Crippen LogP contribution in [0.1, 0.15) is 13.3 Å². The standard InChI is InChI=1S/C16H22ClN3O3.ClH/c1-2-23-16(22)20-11-9-19(10-12-20)8-7-15(21)18-14-6-4-3-5-13(14)17;/h3-6H,2,7-12H2,1H3,(H,18,21);1H. The summed E-state index contributed by atoms with van der Waals surface area (Å²) in [5, 5.41) is 3.34. The topological polar surface area (TPSA) is 61.9 Å². The fourth-order valence-electron chi connectivity index (χ4n) is 2.40. The molecule has 1 N–H and O–H groups in total. The molecule has 2 amide bonds. The maximum absolute atomic E-state index is 12.0. The van der Waals surface area contributed by atoms with Crippen molar-refractivity contribution in [2.75, 3.05) is 44.6 Å². The van der Waals surface area contributed by atoms with Crippen molar-refractivity contribution >= 4 is 41.7 Å². The van der Waals surface area contributed by atoms with E-state index < -0.39 is 0 Å². The molecule has 1 aliphatic rings. The largest absolute Gasteiger partial charge is 0.450 e. The summed E-state index contributed by atoms with van der Waals surface area (Å²) in [6.07, 6.45) is 0.133. The molecule has 0 unspecified atom stereocenters. The zero-order valence-electron chi connectivity index (χ0n) is 13.7. The van der Waals surface area contributed by atoms with Crippen LogP contribution in [-0.2, 0) is 9.53 Å². The van der Waals surface area contributed by atoms with Gasteiger partial charge in [-0.3, -0.25) is 9.69 Å².